The van der Waals surface area contributed by atoms with Crippen LogP contribution in [0, 0.1) is 0 Å². The Morgan fingerprint density at radius 3 is 3.00 bits per heavy atom. The van der Waals surface area contributed by atoms with Crippen LogP contribution in [0.2, 0.25) is 0 Å². The van der Waals surface area contributed by atoms with E-state index >= 15 is 0 Å². The predicted molar refractivity (Wildman–Crippen MR) is 77.9 cm³/mol. The minimum absolute atomic E-state index is 0.00939. The number of aromatic nitrogens is 2. The number of hydrogen-bond acceptors (Lipinski definition) is 5. The fourth-order valence-corrected chi connectivity index (χ4v) is 3.47. The van der Waals surface area contributed by atoms with Gasteiger partial charge in [0.15, 0.2) is 0 Å². The summed E-state index contributed by atoms with van der Waals surface area (Å²) in [7, 11) is 1.66. The van der Waals surface area contributed by atoms with E-state index in [0.29, 0.717) is 11.9 Å². The van der Waals surface area contributed by atoms with Crippen LogP contribution in [0.3, 0.4) is 0 Å². The summed E-state index contributed by atoms with van der Waals surface area (Å²) in [5, 5.41) is 4.56. The molecule has 3 aromatic heterocycles. The first-order chi connectivity index (χ1) is 9.29. The molecule has 3 heterocycles. The van der Waals surface area contributed by atoms with E-state index < -0.39 is 0 Å². The van der Waals surface area contributed by atoms with E-state index in [1.54, 1.807) is 29.3 Å². The van der Waals surface area contributed by atoms with Gasteiger partial charge in [-0.2, -0.15) is 0 Å². The van der Waals surface area contributed by atoms with Gasteiger partial charge in [0.05, 0.1) is 18.3 Å². The van der Waals surface area contributed by atoms with E-state index in [1.165, 1.54) is 11.3 Å². The molecule has 1 atom stereocenters. The molecular weight excluding hydrogens is 280 g/mol. The average molecular weight is 292 g/mol. The molecule has 1 unspecified atom stereocenters. The van der Waals surface area contributed by atoms with Crippen LogP contribution in [-0.2, 0) is 11.3 Å². The third-order valence-electron chi connectivity index (χ3n) is 2.96. The first-order valence-corrected chi connectivity index (χ1v) is 7.54. The van der Waals surface area contributed by atoms with E-state index in [0.717, 1.165) is 9.71 Å². The third kappa shape index (κ3) is 2.34. The summed E-state index contributed by atoms with van der Waals surface area (Å²) >= 11 is 3.11. The van der Waals surface area contributed by atoms with Crippen LogP contribution in [0.25, 0.3) is 10.2 Å². The molecule has 19 heavy (non-hydrogen) atoms. The molecule has 0 amide bonds. The van der Waals surface area contributed by atoms with Crippen molar-refractivity contribution < 1.29 is 4.74 Å². The van der Waals surface area contributed by atoms with Gasteiger partial charge in [0, 0.05) is 12.0 Å². The largest absolute Gasteiger partial charge is 0.374 e. The zero-order valence-electron chi connectivity index (χ0n) is 10.3. The van der Waals surface area contributed by atoms with Crippen LogP contribution in [0.4, 0.5) is 0 Å². The lowest BCUT2D eigenvalue weighted by Crippen LogP contribution is -2.23. The second-order valence-electron chi connectivity index (χ2n) is 4.08. The molecule has 0 fully saturated rings. The molecule has 98 valence electrons. The summed E-state index contributed by atoms with van der Waals surface area (Å²) < 4.78 is 7.09. The highest BCUT2D eigenvalue weighted by atomic mass is 32.1. The lowest BCUT2D eigenvalue weighted by molar-refractivity contribution is 0.0897. The Hall–Kier alpha value is -1.50. The van der Waals surface area contributed by atoms with Crippen molar-refractivity contribution in [1.82, 2.24) is 9.55 Å². The maximum Gasteiger partial charge on any atom is 0.262 e. The van der Waals surface area contributed by atoms with Gasteiger partial charge in [-0.25, -0.2) is 4.98 Å². The molecular formula is C13H12N2O2S2. The standard InChI is InChI=1S/C13H12N2O2S2/c1-17-10(11-3-2-5-18-11)7-15-8-14-12-9(13(15)16)4-6-19-12/h2-6,8,10H,7H2,1H3. The smallest absolute Gasteiger partial charge is 0.262 e. The molecule has 3 aromatic rings. The highest BCUT2D eigenvalue weighted by Gasteiger charge is 2.14. The molecule has 6 heteroatoms. The van der Waals surface area contributed by atoms with Gasteiger partial charge >= 0.3 is 0 Å². The minimum Gasteiger partial charge on any atom is -0.374 e. The lowest BCUT2D eigenvalue weighted by Gasteiger charge is -2.14. The van der Waals surface area contributed by atoms with Gasteiger partial charge in [-0.1, -0.05) is 6.07 Å². The summed E-state index contributed by atoms with van der Waals surface area (Å²) in [6.45, 7) is 0.481. The van der Waals surface area contributed by atoms with E-state index in [1.807, 2.05) is 29.0 Å². The van der Waals surface area contributed by atoms with Crippen LogP contribution in [0.1, 0.15) is 11.0 Å². The molecule has 0 aliphatic heterocycles. The van der Waals surface area contributed by atoms with Crippen LogP contribution < -0.4 is 5.56 Å². The van der Waals surface area contributed by atoms with Gasteiger partial charge in [0.25, 0.3) is 5.56 Å². The van der Waals surface area contributed by atoms with E-state index in [2.05, 4.69) is 4.98 Å². The average Bonchev–Trinajstić information content (AvgIpc) is 3.09. The van der Waals surface area contributed by atoms with Crippen LogP contribution >= 0.6 is 22.7 Å². The van der Waals surface area contributed by atoms with Gasteiger partial charge < -0.3 is 4.74 Å². The van der Waals surface area contributed by atoms with Crippen molar-refractivity contribution in [2.24, 2.45) is 0 Å². The number of fused-ring (bicyclic) bond motifs is 1. The Bertz CT molecular complexity index is 731. The van der Waals surface area contributed by atoms with Gasteiger partial charge in [0.2, 0.25) is 0 Å². The summed E-state index contributed by atoms with van der Waals surface area (Å²) in [5.41, 5.74) is -0.00939. The van der Waals surface area contributed by atoms with Gasteiger partial charge in [-0.3, -0.25) is 9.36 Å². The molecule has 0 saturated heterocycles. The highest BCUT2D eigenvalue weighted by molar-refractivity contribution is 7.16. The van der Waals surface area contributed by atoms with Crippen molar-refractivity contribution in [2.45, 2.75) is 12.6 Å². The molecule has 3 rings (SSSR count). The van der Waals surface area contributed by atoms with Gasteiger partial charge in [-0.05, 0) is 22.9 Å². The molecule has 0 N–H and O–H groups in total. The third-order valence-corrected chi connectivity index (χ3v) is 4.74. The summed E-state index contributed by atoms with van der Waals surface area (Å²) in [6, 6.07) is 5.81. The number of methoxy groups -OCH3 is 1. The topological polar surface area (TPSA) is 44.1 Å². The zero-order chi connectivity index (χ0) is 13.2. The quantitative estimate of drug-likeness (QED) is 0.742. The molecule has 0 aliphatic carbocycles. The van der Waals surface area contributed by atoms with Gasteiger partial charge in [-0.15, -0.1) is 22.7 Å². The predicted octanol–water partition coefficient (Wildman–Crippen LogP) is 2.91. The second kappa shape index (κ2) is 5.24. The summed E-state index contributed by atoms with van der Waals surface area (Å²) in [4.78, 5) is 18.5. The maximum absolute atomic E-state index is 12.3. The molecule has 0 aromatic carbocycles. The molecule has 0 saturated carbocycles. The Morgan fingerprint density at radius 2 is 2.26 bits per heavy atom. The SMILES string of the molecule is COC(Cn1cnc2sccc2c1=O)c1cccs1. The Morgan fingerprint density at radius 1 is 1.37 bits per heavy atom. The summed E-state index contributed by atoms with van der Waals surface area (Å²) in [5.74, 6) is 0. The van der Waals surface area contributed by atoms with E-state index in [9.17, 15) is 4.79 Å². The van der Waals surface area contributed by atoms with Crippen molar-refractivity contribution >= 4 is 32.9 Å². The van der Waals surface area contributed by atoms with Crippen LogP contribution in [0.5, 0.6) is 0 Å². The van der Waals surface area contributed by atoms with Crippen molar-refractivity contribution in [3.63, 3.8) is 0 Å². The number of rotatable bonds is 4. The van der Waals surface area contributed by atoms with Crippen LogP contribution in [-0.4, -0.2) is 16.7 Å². The molecule has 0 spiro atoms. The molecule has 4 nitrogen and oxygen atoms in total. The van der Waals surface area contributed by atoms with Crippen molar-refractivity contribution in [1.29, 1.82) is 0 Å². The first kappa shape index (κ1) is 12.5. The number of nitrogens with zero attached hydrogens (tertiary/aromatic N) is 2. The Kier molecular flexibility index (Phi) is 3.46. The number of thiophene rings is 2. The highest BCUT2D eigenvalue weighted by Crippen LogP contribution is 2.23. The first-order valence-electron chi connectivity index (χ1n) is 5.78. The fraction of sp³-hybridized carbons (Fsp3) is 0.231. The Labute approximate surface area is 117 Å². The number of hydrogen-bond donors (Lipinski definition) is 0. The van der Waals surface area contributed by atoms with Crippen molar-refractivity contribution in [2.75, 3.05) is 7.11 Å². The fourth-order valence-electron chi connectivity index (χ4n) is 1.96. The van der Waals surface area contributed by atoms with Gasteiger partial charge in [0.1, 0.15) is 10.9 Å². The normalized spacial score (nSPS) is 12.9. The minimum atomic E-state index is -0.115. The van der Waals surface area contributed by atoms with Crippen molar-refractivity contribution in [3.05, 3.63) is 50.5 Å². The zero-order valence-corrected chi connectivity index (χ0v) is 11.9. The monoisotopic (exact) mass is 292 g/mol. The molecule has 0 aliphatic rings. The van der Waals surface area contributed by atoms with E-state index in [4.69, 9.17) is 4.74 Å². The van der Waals surface area contributed by atoms with Crippen LogP contribution in [0.15, 0.2) is 40.1 Å². The van der Waals surface area contributed by atoms with E-state index in [-0.39, 0.29) is 11.7 Å². The maximum atomic E-state index is 12.3. The summed E-state index contributed by atoms with van der Waals surface area (Å²) in [6.07, 6.45) is 1.48. The molecule has 0 bridgehead atoms. The number of ether oxygens (including phenoxy) is 1. The second-order valence-corrected chi connectivity index (χ2v) is 5.96. The Balaban J connectivity index is 1.96. The molecule has 0 radical (unpaired) electrons. The van der Waals surface area contributed by atoms with Crippen molar-refractivity contribution in [3.8, 4) is 0 Å². The lowest BCUT2D eigenvalue weighted by atomic mass is 10.3.